The summed E-state index contributed by atoms with van der Waals surface area (Å²) < 4.78 is 30.3. The van der Waals surface area contributed by atoms with Gasteiger partial charge in [0.25, 0.3) is 5.91 Å². The van der Waals surface area contributed by atoms with Crippen LogP contribution in [0.25, 0.3) is 0 Å². The van der Waals surface area contributed by atoms with Gasteiger partial charge >= 0.3 is 6.61 Å². The van der Waals surface area contributed by atoms with Crippen molar-refractivity contribution in [3.63, 3.8) is 0 Å². The summed E-state index contributed by atoms with van der Waals surface area (Å²) in [7, 11) is 0. The third-order valence-electron chi connectivity index (χ3n) is 3.94. The summed E-state index contributed by atoms with van der Waals surface area (Å²) in [6.45, 7) is -0.801. The monoisotopic (exact) mass is 321 g/mol. The van der Waals surface area contributed by atoms with Crippen LogP contribution in [-0.2, 0) is 0 Å². The predicted molar refractivity (Wildman–Crippen MR) is 80.7 cm³/mol. The standard InChI is InChI=1S/C16H17F2N3O2/c1-10(11-2-3-11)21-14(8-9-19-21)20-15(22)12-4-6-13(7-5-12)23-16(17)18/h4-11,16H,2-3H2,1H3,(H,20,22). The minimum absolute atomic E-state index is 0.0175. The van der Waals surface area contributed by atoms with E-state index in [2.05, 4.69) is 22.1 Å². The molecule has 7 heteroatoms. The Labute approximate surface area is 132 Å². The van der Waals surface area contributed by atoms with E-state index in [4.69, 9.17) is 0 Å². The Morgan fingerprint density at radius 2 is 2.00 bits per heavy atom. The molecule has 0 aliphatic heterocycles. The van der Waals surface area contributed by atoms with Crippen molar-refractivity contribution in [1.29, 1.82) is 0 Å². The smallest absolute Gasteiger partial charge is 0.387 e. The second-order valence-corrected chi connectivity index (χ2v) is 5.60. The van der Waals surface area contributed by atoms with Crippen molar-refractivity contribution in [1.82, 2.24) is 9.78 Å². The summed E-state index contributed by atoms with van der Waals surface area (Å²) >= 11 is 0. The number of hydrogen-bond donors (Lipinski definition) is 1. The summed E-state index contributed by atoms with van der Waals surface area (Å²) in [5.74, 6) is 0.931. The number of anilines is 1. The first-order valence-electron chi connectivity index (χ1n) is 7.44. The second kappa shape index (κ2) is 6.36. The van der Waals surface area contributed by atoms with Gasteiger partial charge < -0.3 is 10.1 Å². The number of hydrogen-bond acceptors (Lipinski definition) is 3. The molecule has 3 rings (SSSR count). The lowest BCUT2D eigenvalue weighted by Crippen LogP contribution is -2.18. The molecule has 23 heavy (non-hydrogen) atoms. The van der Waals surface area contributed by atoms with Gasteiger partial charge in [-0.05, 0) is 49.9 Å². The minimum Gasteiger partial charge on any atom is -0.435 e. The third kappa shape index (κ3) is 3.67. The van der Waals surface area contributed by atoms with Gasteiger partial charge in [-0.15, -0.1) is 0 Å². The first-order valence-corrected chi connectivity index (χ1v) is 7.44. The molecule has 1 aliphatic carbocycles. The molecule has 1 aliphatic rings. The third-order valence-corrected chi connectivity index (χ3v) is 3.94. The fourth-order valence-corrected chi connectivity index (χ4v) is 2.49. The van der Waals surface area contributed by atoms with E-state index in [1.54, 1.807) is 12.3 Å². The van der Waals surface area contributed by atoms with Gasteiger partial charge in [0.15, 0.2) is 0 Å². The number of carbonyl (C=O) groups is 1. The van der Waals surface area contributed by atoms with Crippen LogP contribution < -0.4 is 10.1 Å². The molecule has 122 valence electrons. The topological polar surface area (TPSA) is 56.2 Å². The van der Waals surface area contributed by atoms with Crippen molar-refractivity contribution in [2.45, 2.75) is 32.4 Å². The highest BCUT2D eigenvalue weighted by molar-refractivity contribution is 6.03. The largest absolute Gasteiger partial charge is 0.435 e. The van der Waals surface area contributed by atoms with Crippen LogP contribution in [0.4, 0.5) is 14.6 Å². The molecule has 0 radical (unpaired) electrons. The second-order valence-electron chi connectivity index (χ2n) is 5.60. The molecule has 1 amide bonds. The number of alkyl halides is 2. The Morgan fingerprint density at radius 1 is 1.30 bits per heavy atom. The van der Waals surface area contributed by atoms with E-state index < -0.39 is 6.61 Å². The first kappa shape index (κ1) is 15.5. The summed E-state index contributed by atoms with van der Waals surface area (Å²) in [4.78, 5) is 12.3. The number of nitrogens with zero attached hydrogens (tertiary/aromatic N) is 2. The number of aromatic nitrogens is 2. The van der Waals surface area contributed by atoms with Crippen molar-refractivity contribution in [3.8, 4) is 5.75 Å². The number of nitrogens with one attached hydrogen (secondary N) is 1. The lowest BCUT2D eigenvalue weighted by Gasteiger charge is -2.15. The highest BCUT2D eigenvalue weighted by Gasteiger charge is 2.30. The number of ether oxygens (including phenoxy) is 1. The Hall–Kier alpha value is -2.44. The average Bonchev–Trinajstić information content (AvgIpc) is 3.27. The van der Waals surface area contributed by atoms with Crippen LogP contribution >= 0.6 is 0 Å². The van der Waals surface area contributed by atoms with Crippen molar-refractivity contribution < 1.29 is 18.3 Å². The maximum absolute atomic E-state index is 12.3. The van der Waals surface area contributed by atoms with Crippen LogP contribution in [0.2, 0.25) is 0 Å². The zero-order valence-corrected chi connectivity index (χ0v) is 12.6. The van der Waals surface area contributed by atoms with Crippen molar-refractivity contribution in [3.05, 3.63) is 42.1 Å². The molecule has 0 bridgehead atoms. The number of carbonyl (C=O) groups excluding carboxylic acids is 1. The van der Waals surface area contributed by atoms with Crippen LogP contribution in [0.1, 0.15) is 36.2 Å². The van der Waals surface area contributed by atoms with E-state index in [9.17, 15) is 13.6 Å². The predicted octanol–water partition coefficient (Wildman–Crippen LogP) is 3.71. The SMILES string of the molecule is CC(C1CC1)n1nccc1NC(=O)c1ccc(OC(F)F)cc1. The molecule has 0 saturated heterocycles. The molecule has 1 aromatic heterocycles. The van der Waals surface area contributed by atoms with E-state index >= 15 is 0 Å². The molecular weight excluding hydrogens is 304 g/mol. The van der Waals surface area contributed by atoms with Crippen LogP contribution in [0.3, 0.4) is 0 Å². The van der Waals surface area contributed by atoms with Gasteiger partial charge in [-0.1, -0.05) is 0 Å². The van der Waals surface area contributed by atoms with Gasteiger partial charge in [0.2, 0.25) is 0 Å². The maximum Gasteiger partial charge on any atom is 0.387 e. The van der Waals surface area contributed by atoms with Gasteiger partial charge in [0.05, 0.1) is 12.2 Å². The van der Waals surface area contributed by atoms with Gasteiger partial charge in [-0.3, -0.25) is 4.79 Å². The Kier molecular flexibility index (Phi) is 4.27. The van der Waals surface area contributed by atoms with Gasteiger partial charge in [0, 0.05) is 11.6 Å². The molecular formula is C16H17F2N3O2. The molecule has 1 atom stereocenters. The van der Waals surface area contributed by atoms with E-state index in [0.717, 1.165) is 0 Å². The molecule has 2 aromatic rings. The van der Waals surface area contributed by atoms with E-state index in [-0.39, 0.29) is 17.7 Å². The lowest BCUT2D eigenvalue weighted by atomic mass is 10.2. The number of rotatable bonds is 6. The molecule has 5 nitrogen and oxygen atoms in total. The molecule has 1 N–H and O–H groups in total. The zero-order chi connectivity index (χ0) is 16.4. The Balaban J connectivity index is 1.68. The molecule has 1 aromatic carbocycles. The van der Waals surface area contributed by atoms with Crippen molar-refractivity contribution >= 4 is 11.7 Å². The molecule has 1 saturated carbocycles. The Bertz CT molecular complexity index is 681. The van der Waals surface area contributed by atoms with Crippen LogP contribution in [0, 0.1) is 5.92 Å². The molecule has 1 fully saturated rings. The fraction of sp³-hybridized carbons (Fsp3) is 0.375. The van der Waals surface area contributed by atoms with Crippen molar-refractivity contribution in [2.75, 3.05) is 5.32 Å². The van der Waals surface area contributed by atoms with E-state index in [1.807, 2.05) is 4.68 Å². The summed E-state index contributed by atoms with van der Waals surface area (Å²) in [5.41, 5.74) is 0.360. The van der Waals surface area contributed by atoms with Crippen LogP contribution in [0.15, 0.2) is 36.5 Å². The number of amides is 1. The number of halogens is 2. The number of benzene rings is 1. The summed E-state index contributed by atoms with van der Waals surface area (Å²) in [6, 6.07) is 7.54. The van der Waals surface area contributed by atoms with Crippen molar-refractivity contribution in [2.24, 2.45) is 5.92 Å². The molecule has 1 heterocycles. The van der Waals surface area contributed by atoms with Gasteiger partial charge in [-0.2, -0.15) is 13.9 Å². The van der Waals surface area contributed by atoms with Crippen LogP contribution in [-0.4, -0.2) is 22.3 Å². The Morgan fingerprint density at radius 3 is 2.61 bits per heavy atom. The summed E-state index contributed by atoms with van der Waals surface area (Å²) in [6.07, 6.45) is 4.01. The highest BCUT2D eigenvalue weighted by atomic mass is 19.3. The fourth-order valence-electron chi connectivity index (χ4n) is 2.49. The van der Waals surface area contributed by atoms with Gasteiger partial charge in [-0.25, -0.2) is 4.68 Å². The van der Waals surface area contributed by atoms with Crippen LogP contribution in [0.5, 0.6) is 5.75 Å². The quantitative estimate of drug-likeness (QED) is 0.882. The minimum atomic E-state index is -2.88. The molecule has 0 spiro atoms. The zero-order valence-electron chi connectivity index (χ0n) is 12.6. The lowest BCUT2D eigenvalue weighted by molar-refractivity contribution is -0.0498. The van der Waals surface area contributed by atoms with E-state index in [1.165, 1.54) is 37.1 Å². The highest BCUT2D eigenvalue weighted by Crippen LogP contribution is 2.40. The summed E-state index contributed by atoms with van der Waals surface area (Å²) in [5, 5.41) is 7.07. The average molecular weight is 321 g/mol. The maximum atomic E-state index is 12.3. The first-order chi connectivity index (χ1) is 11.0. The molecule has 1 unspecified atom stereocenters. The van der Waals surface area contributed by atoms with E-state index in [0.29, 0.717) is 17.3 Å². The normalized spacial score (nSPS) is 15.5. The van der Waals surface area contributed by atoms with Gasteiger partial charge in [0.1, 0.15) is 11.6 Å².